The first-order valence-corrected chi connectivity index (χ1v) is 7.33. The monoisotopic (exact) mass is 271 g/mol. The Balaban J connectivity index is 1.91. The minimum absolute atomic E-state index is 0.161. The number of hydrogen-bond acceptors (Lipinski definition) is 4. The first kappa shape index (κ1) is 13.3. The van der Waals surface area contributed by atoms with E-state index in [9.17, 15) is 0 Å². The topological polar surface area (TPSA) is 64.9 Å². The second-order valence-corrected chi connectivity index (χ2v) is 5.90. The molecule has 1 aromatic carbocycles. The van der Waals surface area contributed by atoms with Crippen molar-refractivity contribution in [3.05, 3.63) is 47.1 Å². The third kappa shape index (κ3) is 2.36. The summed E-state index contributed by atoms with van der Waals surface area (Å²) < 4.78 is 5.49. The molecule has 3 rings (SSSR count). The van der Waals surface area contributed by atoms with Crippen LogP contribution in [-0.4, -0.2) is 10.1 Å². The van der Waals surface area contributed by atoms with Crippen LogP contribution in [0.5, 0.6) is 0 Å². The van der Waals surface area contributed by atoms with E-state index in [0.717, 1.165) is 19.3 Å². The average Bonchev–Trinajstić information content (AvgIpc) is 2.95. The maximum Gasteiger partial charge on any atom is 0.234 e. The lowest BCUT2D eigenvalue weighted by Crippen LogP contribution is -2.18. The van der Waals surface area contributed by atoms with Crippen molar-refractivity contribution in [1.82, 2.24) is 10.1 Å². The van der Waals surface area contributed by atoms with Gasteiger partial charge < -0.3 is 10.3 Å². The van der Waals surface area contributed by atoms with Gasteiger partial charge in [0, 0.05) is 0 Å². The van der Waals surface area contributed by atoms with Crippen LogP contribution < -0.4 is 5.73 Å². The van der Waals surface area contributed by atoms with Gasteiger partial charge in [0.25, 0.3) is 0 Å². The van der Waals surface area contributed by atoms with E-state index < -0.39 is 0 Å². The lowest BCUT2D eigenvalue weighted by molar-refractivity contribution is 0.344. The highest BCUT2D eigenvalue weighted by Gasteiger charge is 2.27. The van der Waals surface area contributed by atoms with Crippen molar-refractivity contribution >= 4 is 0 Å². The number of rotatable bonds is 3. The lowest BCUT2D eigenvalue weighted by Gasteiger charge is -2.22. The Morgan fingerprint density at radius 3 is 2.90 bits per heavy atom. The Hall–Kier alpha value is -1.68. The highest BCUT2D eigenvalue weighted by atomic mass is 16.5. The van der Waals surface area contributed by atoms with Gasteiger partial charge in [0.05, 0.1) is 12.0 Å². The fourth-order valence-electron chi connectivity index (χ4n) is 2.83. The van der Waals surface area contributed by atoms with Crippen LogP contribution in [0.25, 0.3) is 0 Å². The summed E-state index contributed by atoms with van der Waals surface area (Å²) in [5.41, 5.74) is 8.82. The minimum Gasteiger partial charge on any atom is -0.339 e. The van der Waals surface area contributed by atoms with E-state index in [2.05, 4.69) is 48.3 Å². The SMILES string of the molecule is CC(C)C(N)c1noc(C2CCCc3ccccc32)n1. The number of hydrogen-bond donors (Lipinski definition) is 1. The quantitative estimate of drug-likeness (QED) is 0.931. The van der Waals surface area contributed by atoms with E-state index in [1.165, 1.54) is 11.1 Å². The maximum absolute atomic E-state index is 6.09. The van der Waals surface area contributed by atoms with Crippen molar-refractivity contribution in [2.45, 2.75) is 45.1 Å². The third-order valence-corrected chi connectivity index (χ3v) is 4.14. The molecule has 1 aliphatic carbocycles. The molecule has 0 bridgehead atoms. The Morgan fingerprint density at radius 1 is 1.30 bits per heavy atom. The molecule has 2 N–H and O–H groups in total. The molecular formula is C16H21N3O. The van der Waals surface area contributed by atoms with Crippen molar-refractivity contribution in [3.63, 3.8) is 0 Å². The van der Waals surface area contributed by atoms with E-state index in [0.29, 0.717) is 17.6 Å². The molecule has 106 valence electrons. The van der Waals surface area contributed by atoms with Gasteiger partial charge in [0.1, 0.15) is 0 Å². The summed E-state index contributed by atoms with van der Waals surface area (Å²) in [7, 11) is 0. The number of nitrogens with zero attached hydrogens (tertiary/aromatic N) is 2. The highest BCUT2D eigenvalue weighted by Crippen LogP contribution is 2.36. The van der Waals surface area contributed by atoms with Crippen LogP contribution in [0.2, 0.25) is 0 Å². The molecule has 0 aliphatic heterocycles. The third-order valence-electron chi connectivity index (χ3n) is 4.14. The van der Waals surface area contributed by atoms with Gasteiger partial charge in [-0.3, -0.25) is 0 Å². The van der Waals surface area contributed by atoms with Gasteiger partial charge in [-0.05, 0) is 36.3 Å². The Kier molecular flexibility index (Phi) is 3.57. The van der Waals surface area contributed by atoms with Gasteiger partial charge in [-0.15, -0.1) is 0 Å². The molecule has 4 heteroatoms. The van der Waals surface area contributed by atoms with E-state index in [4.69, 9.17) is 10.3 Å². The standard InChI is InChI=1S/C16H21N3O/c1-10(2)14(17)15-18-16(20-19-15)13-9-5-7-11-6-3-4-8-12(11)13/h3-4,6,8,10,13-14H,5,7,9,17H2,1-2H3. The van der Waals surface area contributed by atoms with Crippen LogP contribution >= 0.6 is 0 Å². The molecule has 1 aromatic heterocycles. The van der Waals surface area contributed by atoms with E-state index in [1.807, 2.05) is 0 Å². The fourth-order valence-corrected chi connectivity index (χ4v) is 2.83. The first-order valence-electron chi connectivity index (χ1n) is 7.33. The Labute approximate surface area is 119 Å². The molecule has 0 saturated heterocycles. The summed E-state index contributed by atoms with van der Waals surface area (Å²) in [5.74, 6) is 1.86. The molecule has 0 amide bonds. The number of benzene rings is 1. The van der Waals surface area contributed by atoms with Gasteiger partial charge in [-0.1, -0.05) is 43.3 Å². The van der Waals surface area contributed by atoms with Crippen molar-refractivity contribution in [3.8, 4) is 0 Å². The van der Waals surface area contributed by atoms with Crippen molar-refractivity contribution < 1.29 is 4.52 Å². The molecule has 2 aromatic rings. The summed E-state index contributed by atoms with van der Waals surface area (Å²) in [6.45, 7) is 4.13. The molecular weight excluding hydrogens is 250 g/mol. The summed E-state index contributed by atoms with van der Waals surface area (Å²) in [6.07, 6.45) is 3.37. The predicted octanol–water partition coefficient (Wildman–Crippen LogP) is 3.19. The van der Waals surface area contributed by atoms with Gasteiger partial charge in [-0.25, -0.2) is 0 Å². The van der Waals surface area contributed by atoms with E-state index in [1.54, 1.807) is 0 Å². The summed E-state index contributed by atoms with van der Waals surface area (Å²) in [5, 5.41) is 4.07. The molecule has 1 heterocycles. The molecule has 20 heavy (non-hydrogen) atoms. The van der Waals surface area contributed by atoms with Crippen LogP contribution in [0.1, 0.15) is 61.5 Å². The maximum atomic E-state index is 6.09. The smallest absolute Gasteiger partial charge is 0.234 e. The predicted molar refractivity (Wildman–Crippen MR) is 77.3 cm³/mol. The van der Waals surface area contributed by atoms with Crippen LogP contribution in [0.4, 0.5) is 0 Å². The zero-order valence-corrected chi connectivity index (χ0v) is 12.0. The fraction of sp³-hybridized carbons (Fsp3) is 0.500. The normalized spacial score (nSPS) is 19.9. The van der Waals surface area contributed by atoms with Crippen molar-refractivity contribution in [1.29, 1.82) is 0 Å². The summed E-state index contributed by atoms with van der Waals surface area (Å²) in [6, 6.07) is 8.37. The highest BCUT2D eigenvalue weighted by molar-refractivity contribution is 5.35. The molecule has 1 aliphatic rings. The molecule has 0 radical (unpaired) electrons. The molecule has 0 spiro atoms. The summed E-state index contributed by atoms with van der Waals surface area (Å²) >= 11 is 0. The van der Waals surface area contributed by atoms with Crippen LogP contribution in [0.3, 0.4) is 0 Å². The Bertz CT molecular complexity index is 591. The number of aryl methyl sites for hydroxylation is 1. The summed E-state index contributed by atoms with van der Waals surface area (Å²) in [4.78, 5) is 4.55. The number of fused-ring (bicyclic) bond motifs is 1. The van der Waals surface area contributed by atoms with E-state index in [-0.39, 0.29) is 12.0 Å². The van der Waals surface area contributed by atoms with Crippen molar-refractivity contribution in [2.75, 3.05) is 0 Å². The molecule has 0 fully saturated rings. The number of aromatic nitrogens is 2. The molecule has 0 saturated carbocycles. The average molecular weight is 271 g/mol. The van der Waals surface area contributed by atoms with Gasteiger partial charge in [0.2, 0.25) is 5.89 Å². The van der Waals surface area contributed by atoms with E-state index >= 15 is 0 Å². The van der Waals surface area contributed by atoms with Gasteiger partial charge in [-0.2, -0.15) is 4.98 Å². The minimum atomic E-state index is -0.161. The zero-order valence-electron chi connectivity index (χ0n) is 12.0. The zero-order chi connectivity index (χ0) is 14.1. The van der Waals surface area contributed by atoms with Crippen molar-refractivity contribution in [2.24, 2.45) is 11.7 Å². The molecule has 2 unspecified atom stereocenters. The van der Waals surface area contributed by atoms with Crippen LogP contribution in [0.15, 0.2) is 28.8 Å². The van der Waals surface area contributed by atoms with Crippen LogP contribution in [-0.2, 0) is 6.42 Å². The lowest BCUT2D eigenvalue weighted by atomic mass is 9.83. The van der Waals surface area contributed by atoms with Crippen LogP contribution in [0, 0.1) is 5.92 Å². The molecule has 4 nitrogen and oxygen atoms in total. The Morgan fingerprint density at radius 2 is 2.10 bits per heavy atom. The first-order chi connectivity index (χ1) is 9.66. The largest absolute Gasteiger partial charge is 0.339 e. The van der Waals surface area contributed by atoms with Gasteiger partial charge in [0.15, 0.2) is 5.82 Å². The molecule has 2 atom stereocenters. The second-order valence-electron chi connectivity index (χ2n) is 5.90. The van der Waals surface area contributed by atoms with Gasteiger partial charge >= 0.3 is 0 Å². The number of nitrogens with two attached hydrogens (primary N) is 1. The second kappa shape index (κ2) is 5.37.